The molecule has 0 unspecified atom stereocenters. The molecule has 1 aromatic heterocycles. The number of pyridine rings is 1. The summed E-state index contributed by atoms with van der Waals surface area (Å²) in [4.78, 5) is 15.1. The van der Waals surface area contributed by atoms with E-state index in [0.29, 0.717) is 10.9 Å². The third-order valence-electron chi connectivity index (χ3n) is 2.46. The highest BCUT2D eigenvalue weighted by Crippen LogP contribution is 2.25. The van der Waals surface area contributed by atoms with Gasteiger partial charge >= 0.3 is 0 Å². The number of halogens is 2. The monoisotopic (exact) mass is 383 g/mol. The maximum atomic E-state index is 12.5. The Hall–Kier alpha value is -0.700. The first-order chi connectivity index (χ1) is 9.32. The summed E-state index contributed by atoms with van der Waals surface area (Å²) < 4.78 is 26.7. The van der Waals surface area contributed by atoms with E-state index in [4.69, 9.17) is 11.6 Å². The first kappa shape index (κ1) is 17.4. The van der Waals surface area contributed by atoms with Crippen molar-refractivity contribution in [1.29, 1.82) is 0 Å². The normalized spacial score (nSPS) is 11.7. The molecule has 20 heavy (non-hydrogen) atoms. The van der Waals surface area contributed by atoms with Crippen molar-refractivity contribution in [2.45, 2.75) is 18.2 Å². The van der Waals surface area contributed by atoms with E-state index in [9.17, 15) is 13.2 Å². The minimum Gasteiger partial charge on any atom is -0.358 e. The van der Waals surface area contributed by atoms with Crippen molar-refractivity contribution < 1.29 is 13.2 Å². The lowest BCUT2D eigenvalue weighted by atomic mass is 10.4. The van der Waals surface area contributed by atoms with Gasteiger partial charge in [-0.3, -0.25) is 4.79 Å². The van der Waals surface area contributed by atoms with E-state index >= 15 is 0 Å². The van der Waals surface area contributed by atoms with Crippen LogP contribution in [-0.2, 0) is 14.8 Å². The van der Waals surface area contributed by atoms with Gasteiger partial charge in [-0.25, -0.2) is 13.4 Å². The van der Waals surface area contributed by atoms with Crippen molar-refractivity contribution >= 4 is 43.5 Å². The van der Waals surface area contributed by atoms with Crippen molar-refractivity contribution in [2.75, 3.05) is 20.1 Å². The minimum atomic E-state index is -3.87. The van der Waals surface area contributed by atoms with E-state index in [1.807, 2.05) is 6.92 Å². The summed E-state index contributed by atoms with van der Waals surface area (Å²) >= 11 is 9.02. The lowest BCUT2D eigenvalue weighted by Gasteiger charge is -2.21. The molecule has 0 spiro atoms. The molecular weight excluding hydrogens is 370 g/mol. The topological polar surface area (TPSA) is 79.4 Å². The van der Waals surface area contributed by atoms with Crippen LogP contribution in [0.2, 0.25) is 5.15 Å². The number of sulfonamides is 1. The van der Waals surface area contributed by atoms with Crippen LogP contribution in [0.1, 0.15) is 13.3 Å². The molecule has 0 fully saturated rings. The van der Waals surface area contributed by atoms with E-state index < -0.39 is 10.0 Å². The molecule has 1 aromatic rings. The molecular formula is C11H15BrClN3O3S. The van der Waals surface area contributed by atoms with Crippen LogP contribution in [0.3, 0.4) is 0 Å². The number of carbonyl (C=O) groups excluding carboxylic acids is 1. The molecule has 0 saturated heterocycles. The molecule has 0 saturated carbocycles. The Labute approximate surface area is 131 Å². The van der Waals surface area contributed by atoms with Crippen LogP contribution in [0, 0.1) is 0 Å². The molecule has 1 heterocycles. The molecule has 9 heteroatoms. The van der Waals surface area contributed by atoms with Gasteiger partial charge in [0.25, 0.3) is 0 Å². The molecule has 0 atom stereocenters. The largest absolute Gasteiger partial charge is 0.358 e. The number of nitrogens with one attached hydrogen (secondary N) is 1. The second-order valence-electron chi connectivity index (χ2n) is 3.95. The average molecular weight is 385 g/mol. The fourth-order valence-electron chi connectivity index (χ4n) is 1.50. The lowest BCUT2D eigenvalue weighted by molar-refractivity contribution is -0.120. The van der Waals surface area contributed by atoms with Gasteiger partial charge in [-0.05, 0) is 28.4 Å². The fourth-order valence-corrected chi connectivity index (χ4v) is 3.91. The van der Waals surface area contributed by atoms with Crippen LogP contribution < -0.4 is 5.32 Å². The predicted molar refractivity (Wildman–Crippen MR) is 80.1 cm³/mol. The summed E-state index contributed by atoms with van der Waals surface area (Å²) in [6.07, 6.45) is 1.99. The molecule has 0 bridgehead atoms. The van der Waals surface area contributed by atoms with E-state index in [1.54, 1.807) is 0 Å². The first-order valence-corrected chi connectivity index (χ1v) is 8.45. The summed E-state index contributed by atoms with van der Waals surface area (Å²) in [6.45, 7) is 1.79. The van der Waals surface area contributed by atoms with E-state index in [2.05, 4.69) is 26.2 Å². The first-order valence-electron chi connectivity index (χ1n) is 5.84. The molecule has 1 rings (SSSR count). The summed E-state index contributed by atoms with van der Waals surface area (Å²) in [7, 11) is -2.42. The number of aromatic nitrogens is 1. The Morgan fingerprint density at radius 2 is 2.20 bits per heavy atom. The predicted octanol–water partition coefficient (Wildman–Crippen LogP) is 1.64. The Morgan fingerprint density at radius 1 is 1.55 bits per heavy atom. The van der Waals surface area contributed by atoms with E-state index in [1.165, 1.54) is 19.3 Å². The number of amides is 1. The molecule has 112 valence electrons. The number of hydrogen-bond acceptors (Lipinski definition) is 4. The number of carbonyl (C=O) groups is 1. The zero-order chi connectivity index (χ0) is 15.3. The molecule has 0 radical (unpaired) electrons. The minimum absolute atomic E-state index is 0.119. The maximum Gasteiger partial charge on any atom is 0.246 e. The van der Waals surface area contributed by atoms with Crippen LogP contribution in [-0.4, -0.2) is 43.8 Å². The Kier molecular flexibility index (Phi) is 6.38. The van der Waals surface area contributed by atoms with Crippen molar-refractivity contribution in [2.24, 2.45) is 0 Å². The fraction of sp³-hybridized carbons (Fsp3) is 0.455. The summed E-state index contributed by atoms with van der Waals surface area (Å²) in [5, 5.41) is 2.28. The molecule has 1 N–H and O–H groups in total. The standard InChI is InChI=1S/C11H15BrClN3O3S/c1-3-4-16(7-10(17)14-2)20(18,19)9-5-8(12)6-15-11(9)13/h5-6H,3-4,7H2,1-2H3,(H,14,17). The van der Waals surface area contributed by atoms with Gasteiger partial charge in [0.1, 0.15) is 10.0 Å². The van der Waals surface area contributed by atoms with Gasteiger partial charge in [-0.2, -0.15) is 4.31 Å². The van der Waals surface area contributed by atoms with Crippen molar-refractivity contribution in [3.05, 3.63) is 21.9 Å². The third kappa shape index (κ3) is 4.15. The Morgan fingerprint density at radius 3 is 2.75 bits per heavy atom. The maximum absolute atomic E-state index is 12.5. The summed E-state index contributed by atoms with van der Waals surface area (Å²) in [5.41, 5.74) is 0. The van der Waals surface area contributed by atoms with Gasteiger partial charge in [-0.1, -0.05) is 18.5 Å². The molecule has 6 nitrogen and oxygen atoms in total. The van der Waals surface area contributed by atoms with Crippen LogP contribution in [0.5, 0.6) is 0 Å². The van der Waals surface area contributed by atoms with Crippen LogP contribution in [0.25, 0.3) is 0 Å². The zero-order valence-electron chi connectivity index (χ0n) is 11.1. The van der Waals surface area contributed by atoms with Gasteiger partial charge in [-0.15, -0.1) is 0 Å². The van der Waals surface area contributed by atoms with Gasteiger partial charge in [0, 0.05) is 24.3 Å². The van der Waals surface area contributed by atoms with Crippen LogP contribution in [0.4, 0.5) is 0 Å². The highest BCUT2D eigenvalue weighted by atomic mass is 79.9. The Balaban J connectivity index is 3.22. The quantitative estimate of drug-likeness (QED) is 0.756. The number of likely N-dealkylation sites (N-methyl/N-ethyl adjacent to an activating group) is 1. The number of rotatable bonds is 6. The summed E-state index contributed by atoms with van der Waals surface area (Å²) in [5.74, 6) is -0.388. The highest BCUT2D eigenvalue weighted by molar-refractivity contribution is 9.10. The van der Waals surface area contributed by atoms with Gasteiger partial charge in [0.2, 0.25) is 15.9 Å². The number of nitrogens with zero attached hydrogens (tertiary/aromatic N) is 2. The van der Waals surface area contributed by atoms with Crippen molar-refractivity contribution in [3.63, 3.8) is 0 Å². The van der Waals surface area contributed by atoms with Crippen molar-refractivity contribution in [1.82, 2.24) is 14.6 Å². The van der Waals surface area contributed by atoms with Gasteiger partial charge < -0.3 is 5.32 Å². The lowest BCUT2D eigenvalue weighted by Crippen LogP contribution is -2.40. The van der Waals surface area contributed by atoms with Crippen LogP contribution in [0.15, 0.2) is 21.6 Å². The molecule has 0 aromatic carbocycles. The average Bonchev–Trinajstić information content (AvgIpc) is 2.40. The SMILES string of the molecule is CCCN(CC(=O)NC)S(=O)(=O)c1cc(Br)cnc1Cl. The van der Waals surface area contributed by atoms with Crippen LogP contribution >= 0.6 is 27.5 Å². The highest BCUT2D eigenvalue weighted by Gasteiger charge is 2.28. The van der Waals surface area contributed by atoms with Crippen molar-refractivity contribution in [3.8, 4) is 0 Å². The zero-order valence-corrected chi connectivity index (χ0v) is 14.2. The molecule has 1 amide bonds. The second kappa shape index (κ2) is 7.35. The Bertz CT molecular complexity index is 595. The summed E-state index contributed by atoms with van der Waals surface area (Å²) in [6, 6.07) is 1.37. The third-order valence-corrected chi connectivity index (χ3v) is 5.17. The van der Waals surface area contributed by atoms with Gasteiger partial charge in [0.05, 0.1) is 6.54 Å². The number of hydrogen-bond donors (Lipinski definition) is 1. The van der Waals surface area contributed by atoms with Gasteiger partial charge in [0.15, 0.2) is 0 Å². The molecule has 0 aliphatic carbocycles. The smallest absolute Gasteiger partial charge is 0.246 e. The second-order valence-corrected chi connectivity index (χ2v) is 7.13. The molecule has 0 aliphatic rings. The molecule has 0 aliphatic heterocycles. The van der Waals surface area contributed by atoms with E-state index in [0.717, 1.165) is 4.31 Å². The van der Waals surface area contributed by atoms with E-state index in [-0.39, 0.29) is 29.0 Å².